The van der Waals surface area contributed by atoms with E-state index in [0.29, 0.717) is 43.4 Å². The molecule has 0 N–H and O–H groups in total. The van der Waals surface area contributed by atoms with E-state index in [2.05, 4.69) is 40.7 Å². The molecule has 4 rings (SSSR count). The zero-order valence-electron chi connectivity index (χ0n) is 22.0. The quantitative estimate of drug-likeness (QED) is 0.239. The highest BCUT2D eigenvalue weighted by molar-refractivity contribution is 6.03. The van der Waals surface area contributed by atoms with Crippen molar-refractivity contribution in [3.8, 4) is 0 Å². The van der Waals surface area contributed by atoms with Crippen LogP contribution in [0.3, 0.4) is 0 Å². The number of hydrogen-bond acceptors (Lipinski definition) is 5. The van der Waals surface area contributed by atoms with E-state index in [1.54, 1.807) is 0 Å². The Morgan fingerprint density at radius 1 is 1.21 bits per heavy atom. The van der Waals surface area contributed by atoms with Crippen molar-refractivity contribution in [3.63, 3.8) is 0 Å². The van der Waals surface area contributed by atoms with E-state index >= 15 is 0 Å². The van der Waals surface area contributed by atoms with Crippen molar-refractivity contribution in [1.29, 1.82) is 0 Å². The Labute approximate surface area is 205 Å². The molecule has 0 bridgehead atoms. The van der Waals surface area contributed by atoms with Crippen molar-refractivity contribution in [2.24, 2.45) is 34.5 Å². The molecular formula is C29H44O5. The van der Waals surface area contributed by atoms with E-state index in [0.717, 1.165) is 24.7 Å². The summed E-state index contributed by atoms with van der Waals surface area (Å²) in [6.07, 6.45) is 11.0. The number of aldehydes is 1. The maximum absolute atomic E-state index is 14.1. The van der Waals surface area contributed by atoms with Crippen molar-refractivity contribution in [1.82, 2.24) is 0 Å². The van der Waals surface area contributed by atoms with Gasteiger partial charge >= 0.3 is 5.97 Å². The largest absolute Gasteiger partial charge is 0.462 e. The Morgan fingerprint density at radius 2 is 1.94 bits per heavy atom. The third-order valence-corrected chi connectivity index (χ3v) is 10.0. The Kier molecular flexibility index (Phi) is 6.92. The summed E-state index contributed by atoms with van der Waals surface area (Å²) in [7, 11) is 0. The molecule has 2 saturated carbocycles. The van der Waals surface area contributed by atoms with Gasteiger partial charge in [0.15, 0.2) is 5.78 Å². The van der Waals surface area contributed by atoms with Gasteiger partial charge in [-0.2, -0.15) is 0 Å². The SMILES string of the molecule is CC(=O)OC1CCC2(C)C(=O)C(C3CCC(C(C)CCCC(C)C)C3(C)CC=O)=CC3OC32C1. The van der Waals surface area contributed by atoms with Crippen LogP contribution < -0.4 is 0 Å². The predicted molar refractivity (Wildman–Crippen MR) is 131 cm³/mol. The molecule has 34 heavy (non-hydrogen) atoms. The van der Waals surface area contributed by atoms with Crippen LogP contribution in [0, 0.1) is 34.5 Å². The fraction of sp³-hybridized carbons (Fsp3) is 0.828. The molecule has 8 unspecified atom stereocenters. The summed E-state index contributed by atoms with van der Waals surface area (Å²) in [6, 6.07) is 0. The number of allylic oxidation sites excluding steroid dienone is 1. The maximum Gasteiger partial charge on any atom is 0.302 e. The minimum Gasteiger partial charge on any atom is -0.462 e. The number of rotatable bonds is 9. The smallest absolute Gasteiger partial charge is 0.302 e. The van der Waals surface area contributed by atoms with Crippen LogP contribution >= 0.6 is 0 Å². The average Bonchev–Trinajstić information content (AvgIpc) is 3.34. The average molecular weight is 473 g/mol. The van der Waals surface area contributed by atoms with Crippen LogP contribution in [0.4, 0.5) is 0 Å². The fourth-order valence-corrected chi connectivity index (χ4v) is 8.00. The zero-order valence-corrected chi connectivity index (χ0v) is 22.0. The highest BCUT2D eigenvalue weighted by Crippen LogP contribution is 2.66. The molecule has 190 valence electrons. The Morgan fingerprint density at radius 3 is 2.59 bits per heavy atom. The fourth-order valence-electron chi connectivity index (χ4n) is 8.00. The van der Waals surface area contributed by atoms with E-state index in [4.69, 9.17) is 9.47 Å². The van der Waals surface area contributed by atoms with Gasteiger partial charge in [-0.1, -0.05) is 47.0 Å². The minimum absolute atomic E-state index is 0.0912. The van der Waals surface area contributed by atoms with Crippen molar-refractivity contribution in [2.45, 2.75) is 117 Å². The lowest BCUT2D eigenvalue weighted by Gasteiger charge is -2.46. The monoisotopic (exact) mass is 472 g/mol. The Bertz CT molecular complexity index is 861. The highest BCUT2D eigenvalue weighted by atomic mass is 16.6. The number of hydrogen-bond donors (Lipinski definition) is 0. The van der Waals surface area contributed by atoms with E-state index in [9.17, 15) is 14.4 Å². The van der Waals surface area contributed by atoms with Gasteiger partial charge in [-0.25, -0.2) is 0 Å². The van der Waals surface area contributed by atoms with Gasteiger partial charge in [0.25, 0.3) is 0 Å². The molecule has 1 saturated heterocycles. The summed E-state index contributed by atoms with van der Waals surface area (Å²) >= 11 is 0. The minimum atomic E-state index is -0.582. The first kappa shape index (κ1) is 25.6. The van der Waals surface area contributed by atoms with Crippen molar-refractivity contribution in [2.75, 3.05) is 0 Å². The summed E-state index contributed by atoms with van der Waals surface area (Å²) in [4.78, 5) is 37.5. The van der Waals surface area contributed by atoms with Crippen LogP contribution in [0.5, 0.6) is 0 Å². The molecule has 0 aromatic heterocycles. The normalized spacial score (nSPS) is 42.0. The molecule has 0 radical (unpaired) electrons. The van der Waals surface area contributed by atoms with Gasteiger partial charge in [0, 0.05) is 19.8 Å². The first-order valence-electron chi connectivity index (χ1n) is 13.5. The first-order valence-corrected chi connectivity index (χ1v) is 13.5. The van der Waals surface area contributed by atoms with Gasteiger partial charge in [0.2, 0.25) is 0 Å². The van der Waals surface area contributed by atoms with Gasteiger partial charge in [-0.05, 0) is 73.3 Å². The van der Waals surface area contributed by atoms with Crippen molar-refractivity contribution < 1.29 is 23.9 Å². The second kappa shape index (κ2) is 9.19. The predicted octanol–water partition coefficient (Wildman–Crippen LogP) is 5.84. The van der Waals surface area contributed by atoms with E-state index in [1.165, 1.54) is 26.2 Å². The van der Waals surface area contributed by atoms with E-state index in [-0.39, 0.29) is 35.3 Å². The number of carbonyl (C=O) groups excluding carboxylic acids is 3. The molecule has 4 aliphatic rings. The summed E-state index contributed by atoms with van der Waals surface area (Å²) < 4.78 is 11.8. The molecule has 3 aliphatic carbocycles. The molecule has 1 heterocycles. The van der Waals surface area contributed by atoms with Crippen molar-refractivity contribution >= 4 is 18.0 Å². The third-order valence-electron chi connectivity index (χ3n) is 10.0. The molecule has 8 atom stereocenters. The Balaban J connectivity index is 1.56. The topological polar surface area (TPSA) is 73.0 Å². The lowest BCUT2D eigenvalue weighted by atomic mass is 9.55. The molecular weight excluding hydrogens is 428 g/mol. The van der Waals surface area contributed by atoms with Crippen LogP contribution in [0.2, 0.25) is 0 Å². The van der Waals surface area contributed by atoms with Crippen molar-refractivity contribution in [3.05, 3.63) is 11.6 Å². The molecule has 0 amide bonds. The first-order chi connectivity index (χ1) is 16.0. The van der Waals surface area contributed by atoms with Crippen LogP contribution in [-0.4, -0.2) is 35.8 Å². The Hall–Kier alpha value is -1.49. The summed E-state index contributed by atoms with van der Waals surface area (Å²) in [5, 5.41) is 0. The van der Waals surface area contributed by atoms with Gasteiger partial charge in [-0.3, -0.25) is 9.59 Å². The molecule has 3 fully saturated rings. The molecule has 5 heteroatoms. The molecule has 1 spiro atoms. The van der Waals surface area contributed by atoms with Crippen LogP contribution in [0.1, 0.15) is 99.3 Å². The standard InChI is InChI=1S/C29H44O5/c1-18(2)8-7-9-19(3)23-10-11-24(27(23,5)14-15-30)22-16-25-29(34-25)17-21(33-20(4)31)12-13-28(29,6)26(22)32/h15-16,18-19,21,23-25H,7-14,17H2,1-6H3. The number of epoxide rings is 1. The second-order valence-electron chi connectivity index (χ2n) is 12.6. The second-order valence-corrected chi connectivity index (χ2v) is 12.6. The number of ether oxygens (including phenoxy) is 2. The molecule has 0 aromatic rings. The number of Topliss-reactive ketones (excluding diaryl/α,β-unsaturated/α-hetero) is 1. The molecule has 1 aliphatic heterocycles. The summed E-state index contributed by atoms with van der Waals surface area (Å²) in [5.41, 5.74) is -0.398. The number of carbonyl (C=O) groups is 3. The molecule has 0 aromatic carbocycles. The third kappa shape index (κ3) is 4.10. The van der Waals surface area contributed by atoms with Gasteiger partial charge in [0.1, 0.15) is 24.1 Å². The zero-order chi connectivity index (χ0) is 24.9. The molecule has 5 nitrogen and oxygen atoms in total. The highest BCUT2D eigenvalue weighted by Gasteiger charge is 2.74. The summed E-state index contributed by atoms with van der Waals surface area (Å²) in [5.74, 6) is 1.74. The van der Waals surface area contributed by atoms with Gasteiger partial charge in [-0.15, -0.1) is 0 Å². The lowest BCUT2D eigenvalue weighted by Crippen LogP contribution is -2.54. The van der Waals surface area contributed by atoms with Crippen LogP contribution in [0.25, 0.3) is 0 Å². The van der Waals surface area contributed by atoms with Crippen LogP contribution in [-0.2, 0) is 23.9 Å². The van der Waals surface area contributed by atoms with E-state index in [1.807, 2.05) is 0 Å². The number of ketones is 1. The lowest BCUT2D eigenvalue weighted by molar-refractivity contribution is -0.153. The number of esters is 1. The van der Waals surface area contributed by atoms with E-state index < -0.39 is 11.0 Å². The van der Waals surface area contributed by atoms with Gasteiger partial charge < -0.3 is 14.3 Å². The summed E-state index contributed by atoms with van der Waals surface area (Å²) in [6.45, 7) is 12.6. The van der Waals surface area contributed by atoms with Gasteiger partial charge in [0.05, 0.1) is 5.41 Å². The maximum atomic E-state index is 14.1. The van der Waals surface area contributed by atoms with Crippen LogP contribution in [0.15, 0.2) is 11.6 Å².